The quantitative estimate of drug-likeness (QED) is 0.0680. The number of hydrogen-bond donors (Lipinski definition) is 0. The minimum atomic E-state index is -1.09. The van der Waals surface area contributed by atoms with Crippen molar-refractivity contribution in [1.82, 2.24) is 10.9 Å². The van der Waals surface area contributed by atoms with E-state index < -0.39 is 75.0 Å². The molecule has 0 spiro atoms. The van der Waals surface area contributed by atoms with E-state index in [4.69, 9.17) is 9.47 Å². The van der Waals surface area contributed by atoms with Gasteiger partial charge in [-0.3, -0.25) is 60.7 Å². The molecule has 5 rings (SSSR count). The number of hydrogen-bond acceptors (Lipinski definition) is 16. The third kappa shape index (κ3) is 8.19. The Morgan fingerprint density at radius 2 is 0.741 bits per heavy atom. The normalized spacial score (nSPS) is 10.6. The van der Waals surface area contributed by atoms with Crippen LogP contribution in [0.4, 0.5) is 68.2 Å². The van der Waals surface area contributed by atoms with Crippen molar-refractivity contribution < 1.29 is 39.0 Å². The highest BCUT2D eigenvalue weighted by molar-refractivity contribution is 5.82. The lowest BCUT2D eigenvalue weighted by molar-refractivity contribution is -0.402. The zero-order valence-corrected chi connectivity index (χ0v) is 30.3. The van der Waals surface area contributed by atoms with Gasteiger partial charge in [-0.15, -0.1) is 0 Å². The molecule has 0 aliphatic heterocycles. The fourth-order valence-electron chi connectivity index (χ4n) is 5.59. The Kier molecular flexibility index (Phi) is 11.4. The summed E-state index contributed by atoms with van der Waals surface area (Å²) in [6.45, 7) is 3.16. The van der Waals surface area contributed by atoms with Gasteiger partial charge in [0.15, 0.2) is 0 Å². The molecular formula is C34H26N10O14. The molecular weight excluding hydrogens is 772 g/mol. The monoisotopic (exact) mass is 798 g/mol. The third-order valence-corrected chi connectivity index (χ3v) is 8.32. The molecule has 0 bridgehead atoms. The Morgan fingerprint density at radius 1 is 0.448 bits per heavy atom. The second-order valence-electron chi connectivity index (χ2n) is 11.9. The maximum absolute atomic E-state index is 12.3. The molecule has 0 heterocycles. The summed E-state index contributed by atoms with van der Waals surface area (Å²) in [6.07, 6.45) is 0. The molecule has 58 heavy (non-hydrogen) atoms. The molecule has 24 heteroatoms. The number of benzene rings is 5. The molecule has 0 aliphatic carbocycles. The van der Waals surface area contributed by atoms with Gasteiger partial charge < -0.3 is 9.47 Å². The van der Waals surface area contributed by atoms with Crippen LogP contribution in [0.5, 0.6) is 11.5 Å². The van der Waals surface area contributed by atoms with Crippen LogP contribution in [-0.4, -0.2) is 43.8 Å². The SMILES string of the molecule is COc1ccc(N([N]c2c([N+](=O)[O-])cc([N+](=O)[O-])cc2[N+](=O)[O-])c2cc(N([N]c3c([N+](=O)[O-])cc([N+](=O)[O-])cc3[N+](=O)[O-])c3ccc(OC)cc3)c(C)cc2C)cc1. The highest BCUT2D eigenvalue weighted by Gasteiger charge is 2.36. The summed E-state index contributed by atoms with van der Waals surface area (Å²) in [6, 6.07) is 16.7. The van der Waals surface area contributed by atoms with Crippen LogP contribution < -0.4 is 30.3 Å². The smallest absolute Gasteiger partial charge is 0.310 e. The fraction of sp³-hybridized carbons (Fsp3) is 0.118. The number of rotatable bonds is 16. The second-order valence-corrected chi connectivity index (χ2v) is 11.9. The maximum atomic E-state index is 12.3. The van der Waals surface area contributed by atoms with E-state index in [1.54, 1.807) is 19.9 Å². The van der Waals surface area contributed by atoms with Crippen molar-refractivity contribution in [2.24, 2.45) is 0 Å². The van der Waals surface area contributed by atoms with Gasteiger partial charge in [0.1, 0.15) is 11.5 Å². The Morgan fingerprint density at radius 3 is 0.983 bits per heavy atom. The molecule has 5 aromatic rings. The van der Waals surface area contributed by atoms with Crippen molar-refractivity contribution in [3.63, 3.8) is 0 Å². The van der Waals surface area contributed by atoms with Crippen molar-refractivity contribution >= 4 is 68.2 Å². The number of nitro benzene ring substituents is 6. The molecule has 0 aromatic heterocycles. The van der Waals surface area contributed by atoms with Crippen LogP contribution in [0.1, 0.15) is 11.1 Å². The number of ether oxygens (including phenoxy) is 2. The molecule has 0 atom stereocenters. The summed E-state index contributed by atoms with van der Waals surface area (Å²) in [5, 5.41) is 74.3. The lowest BCUT2D eigenvalue weighted by Gasteiger charge is -2.29. The summed E-state index contributed by atoms with van der Waals surface area (Å²) in [5.74, 6) is 0.709. The van der Waals surface area contributed by atoms with Gasteiger partial charge >= 0.3 is 22.7 Å². The standard InChI is InChI=1S/C34H26N10O14/c1-19-13-20(2)28(38(22-7-11-26(58-4)12-8-22)36-34-31(43(53)54)16-24(40(47)48)17-32(34)44(55)56)18-27(19)37(21-5-9-25(57-3)10-6-21)35-33-29(41(49)50)14-23(39(45)46)15-30(33)42(51)52/h5-18H,1-4H3. The molecule has 0 saturated carbocycles. The molecule has 0 unspecified atom stereocenters. The highest BCUT2D eigenvalue weighted by atomic mass is 16.6. The Balaban J connectivity index is 1.82. The number of aryl methyl sites for hydroxylation is 2. The third-order valence-electron chi connectivity index (χ3n) is 8.32. The number of nitro groups is 6. The van der Waals surface area contributed by atoms with Gasteiger partial charge in [0.25, 0.3) is 11.4 Å². The molecule has 24 nitrogen and oxygen atoms in total. The first-order valence-corrected chi connectivity index (χ1v) is 16.1. The van der Waals surface area contributed by atoms with Crippen molar-refractivity contribution in [3.8, 4) is 11.5 Å². The first-order valence-electron chi connectivity index (χ1n) is 16.1. The molecule has 0 N–H and O–H groups in total. The first-order chi connectivity index (χ1) is 27.4. The Bertz CT molecular complexity index is 2260. The van der Waals surface area contributed by atoms with E-state index in [9.17, 15) is 60.7 Å². The van der Waals surface area contributed by atoms with E-state index in [1.165, 1.54) is 68.8 Å². The van der Waals surface area contributed by atoms with Gasteiger partial charge in [-0.25, -0.2) is 10.0 Å². The van der Waals surface area contributed by atoms with E-state index in [-0.39, 0.29) is 22.7 Å². The predicted molar refractivity (Wildman–Crippen MR) is 203 cm³/mol. The van der Waals surface area contributed by atoms with Gasteiger partial charge in [0.05, 0.1) is 90.8 Å². The van der Waals surface area contributed by atoms with E-state index in [0.717, 1.165) is 10.0 Å². The van der Waals surface area contributed by atoms with Crippen molar-refractivity contribution in [2.45, 2.75) is 13.8 Å². The molecule has 296 valence electrons. The van der Waals surface area contributed by atoms with Crippen LogP contribution in [0.3, 0.4) is 0 Å². The van der Waals surface area contributed by atoms with Crippen LogP contribution >= 0.6 is 0 Å². The summed E-state index contributed by atoms with van der Waals surface area (Å²) < 4.78 is 10.5. The lowest BCUT2D eigenvalue weighted by atomic mass is 10.1. The largest absolute Gasteiger partial charge is 0.497 e. The van der Waals surface area contributed by atoms with Crippen molar-refractivity contribution in [1.29, 1.82) is 0 Å². The van der Waals surface area contributed by atoms with Crippen molar-refractivity contribution in [2.75, 3.05) is 24.2 Å². The maximum Gasteiger partial charge on any atom is 0.310 e. The van der Waals surface area contributed by atoms with Crippen LogP contribution in [0.25, 0.3) is 0 Å². The first kappa shape index (κ1) is 40.5. The van der Waals surface area contributed by atoms with Crippen LogP contribution in [0.15, 0.2) is 84.9 Å². The van der Waals surface area contributed by atoms with Gasteiger partial charge in [-0.1, -0.05) is 6.07 Å². The summed E-state index contributed by atoms with van der Waals surface area (Å²) in [7, 11) is 2.77. The minimum absolute atomic E-state index is 0.0362. The molecule has 0 aliphatic rings. The zero-order valence-electron chi connectivity index (χ0n) is 30.3. The van der Waals surface area contributed by atoms with Gasteiger partial charge in [0, 0.05) is 0 Å². The minimum Gasteiger partial charge on any atom is -0.497 e. The predicted octanol–water partition coefficient (Wildman–Crippen LogP) is 7.75. The van der Waals surface area contributed by atoms with Gasteiger partial charge in [0.2, 0.25) is 11.4 Å². The topological polar surface area (TPSA) is 312 Å². The van der Waals surface area contributed by atoms with Crippen LogP contribution in [0, 0.1) is 74.5 Å². The second kappa shape index (κ2) is 16.3. The highest BCUT2D eigenvalue weighted by Crippen LogP contribution is 2.45. The average Bonchev–Trinajstić information content (AvgIpc) is 3.18. The molecule has 0 amide bonds. The number of methoxy groups -OCH3 is 2. The molecule has 0 saturated heterocycles. The van der Waals surface area contributed by atoms with Crippen LogP contribution in [-0.2, 0) is 0 Å². The van der Waals surface area contributed by atoms with E-state index in [2.05, 4.69) is 10.9 Å². The summed E-state index contributed by atoms with van der Waals surface area (Å²) in [5.41, 5.74) is 1.74. The molecule has 0 fully saturated rings. The average molecular weight is 799 g/mol. The summed E-state index contributed by atoms with van der Waals surface area (Å²) >= 11 is 0. The Labute approximate surface area is 324 Å². The van der Waals surface area contributed by atoms with Gasteiger partial charge in [-0.05, 0) is 79.6 Å². The van der Waals surface area contributed by atoms with Crippen molar-refractivity contribution in [3.05, 3.63) is 157 Å². The number of anilines is 4. The fourth-order valence-corrected chi connectivity index (χ4v) is 5.59. The van der Waals surface area contributed by atoms with E-state index >= 15 is 0 Å². The summed E-state index contributed by atoms with van der Waals surface area (Å²) in [4.78, 5) is 65.8. The lowest BCUT2D eigenvalue weighted by Crippen LogP contribution is -2.28. The Hall–Kier alpha value is -8.70. The van der Waals surface area contributed by atoms with Crippen LogP contribution in [0.2, 0.25) is 0 Å². The zero-order chi connectivity index (χ0) is 42.6. The number of non-ortho nitro benzene ring substituents is 2. The molecule has 2 radical (unpaired) electrons. The van der Waals surface area contributed by atoms with Gasteiger partial charge in [-0.2, -0.15) is 10.9 Å². The molecule has 5 aromatic carbocycles. The number of nitrogens with zero attached hydrogens (tertiary/aromatic N) is 10. The van der Waals surface area contributed by atoms with E-state index in [1.807, 2.05) is 0 Å². The van der Waals surface area contributed by atoms with E-state index in [0.29, 0.717) is 46.9 Å².